The molecule has 1 aliphatic rings. The van der Waals surface area contributed by atoms with E-state index in [2.05, 4.69) is 10.2 Å². The molecule has 126 valence electrons. The van der Waals surface area contributed by atoms with Crippen LogP contribution in [-0.2, 0) is 11.3 Å². The van der Waals surface area contributed by atoms with Crippen LogP contribution in [0.3, 0.4) is 0 Å². The summed E-state index contributed by atoms with van der Waals surface area (Å²) >= 11 is 0. The van der Waals surface area contributed by atoms with Crippen molar-refractivity contribution in [2.75, 3.05) is 32.7 Å². The molecule has 3 N–H and O–H groups in total. The predicted molar refractivity (Wildman–Crippen MR) is 90.0 cm³/mol. The van der Waals surface area contributed by atoms with Crippen molar-refractivity contribution in [2.45, 2.75) is 26.4 Å². The minimum Gasteiger partial charge on any atom is -0.353 e. The smallest absolute Gasteiger partial charge is 0.253 e. The zero-order valence-electron chi connectivity index (χ0n) is 13.9. The largest absolute Gasteiger partial charge is 0.353 e. The van der Waals surface area contributed by atoms with E-state index in [1.165, 1.54) is 0 Å². The van der Waals surface area contributed by atoms with Gasteiger partial charge in [0.15, 0.2) is 0 Å². The van der Waals surface area contributed by atoms with E-state index in [1.807, 2.05) is 43.0 Å². The molecule has 1 aromatic rings. The maximum Gasteiger partial charge on any atom is 0.253 e. The molecule has 6 nitrogen and oxygen atoms in total. The monoisotopic (exact) mass is 318 g/mol. The van der Waals surface area contributed by atoms with Crippen molar-refractivity contribution in [3.05, 3.63) is 35.4 Å². The van der Waals surface area contributed by atoms with Gasteiger partial charge in [0.05, 0.1) is 6.54 Å². The van der Waals surface area contributed by atoms with Crippen LogP contribution in [0.4, 0.5) is 0 Å². The molecular formula is C17H26N4O2. The highest BCUT2D eigenvalue weighted by Gasteiger charge is 2.23. The minimum atomic E-state index is 0.0390. The molecule has 0 spiro atoms. The average Bonchev–Trinajstić information content (AvgIpc) is 2.54. The number of benzene rings is 1. The molecule has 1 heterocycles. The number of nitrogens with one attached hydrogen (secondary N) is 1. The Hall–Kier alpha value is -1.92. The molecule has 0 atom stereocenters. The molecule has 6 heteroatoms. The number of piperazine rings is 1. The van der Waals surface area contributed by atoms with Crippen LogP contribution in [0.25, 0.3) is 0 Å². The number of hydrogen-bond donors (Lipinski definition) is 2. The van der Waals surface area contributed by atoms with E-state index >= 15 is 0 Å². The minimum absolute atomic E-state index is 0.0390. The zero-order chi connectivity index (χ0) is 16.8. The summed E-state index contributed by atoms with van der Waals surface area (Å²) in [7, 11) is 0. The van der Waals surface area contributed by atoms with Crippen molar-refractivity contribution >= 4 is 11.8 Å². The molecule has 23 heavy (non-hydrogen) atoms. The Balaban J connectivity index is 1.83. The van der Waals surface area contributed by atoms with Gasteiger partial charge in [0.1, 0.15) is 0 Å². The average molecular weight is 318 g/mol. The van der Waals surface area contributed by atoms with E-state index in [0.717, 1.165) is 18.7 Å². The molecule has 1 saturated heterocycles. The molecule has 1 aromatic carbocycles. The Morgan fingerprint density at radius 3 is 2.26 bits per heavy atom. The van der Waals surface area contributed by atoms with Crippen molar-refractivity contribution in [3.63, 3.8) is 0 Å². The second-order valence-electron chi connectivity index (χ2n) is 6.19. The highest BCUT2D eigenvalue weighted by atomic mass is 16.2. The van der Waals surface area contributed by atoms with Crippen LogP contribution in [0.1, 0.15) is 29.8 Å². The van der Waals surface area contributed by atoms with Crippen LogP contribution in [0.15, 0.2) is 24.3 Å². The predicted octanol–water partition coefficient (Wildman–Crippen LogP) is 0.428. The number of rotatable bonds is 5. The topological polar surface area (TPSA) is 78.7 Å². The number of nitrogens with two attached hydrogens (primary N) is 1. The first-order valence-corrected chi connectivity index (χ1v) is 8.09. The first-order chi connectivity index (χ1) is 11.0. The van der Waals surface area contributed by atoms with Gasteiger partial charge < -0.3 is 16.0 Å². The van der Waals surface area contributed by atoms with Crippen LogP contribution in [0.5, 0.6) is 0 Å². The summed E-state index contributed by atoms with van der Waals surface area (Å²) < 4.78 is 0. The van der Waals surface area contributed by atoms with Crippen molar-refractivity contribution in [1.82, 2.24) is 15.1 Å². The number of carbonyl (C=O) groups excluding carboxylic acids is 2. The SMILES string of the molecule is CC(C)NC(=O)CN1CCN(C(=O)c2ccc(CN)cc2)CC1. The maximum absolute atomic E-state index is 12.5. The van der Waals surface area contributed by atoms with Gasteiger partial charge in [-0.25, -0.2) is 0 Å². The van der Waals surface area contributed by atoms with Gasteiger partial charge in [-0.3, -0.25) is 14.5 Å². The van der Waals surface area contributed by atoms with Crippen molar-refractivity contribution in [2.24, 2.45) is 5.73 Å². The molecule has 0 saturated carbocycles. The Morgan fingerprint density at radius 2 is 1.74 bits per heavy atom. The summed E-state index contributed by atoms with van der Waals surface area (Å²) in [6.45, 7) is 7.50. The Kier molecular flexibility index (Phi) is 6.12. The van der Waals surface area contributed by atoms with Gasteiger partial charge in [-0.05, 0) is 31.5 Å². The molecule has 0 aliphatic carbocycles. The number of carbonyl (C=O) groups is 2. The normalized spacial score (nSPS) is 15.7. The van der Waals surface area contributed by atoms with E-state index < -0.39 is 0 Å². The Bertz CT molecular complexity index is 534. The highest BCUT2D eigenvalue weighted by Crippen LogP contribution is 2.10. The lowest BCUT2D eigenvalue weighted by molar-refractivity contribution is -0.123. The number of amides is 2. The molecule has 0 radical (unpaired) electrons. The van der Waals surface area contributed by atoms with Crippen molar-refractivity contribution in [3.8, 4) is 0 Å². The van der Waals surface area contributed by atoms with E-state index in [9.17, 15) is 9.59 Å². The summed E-state index contributed by atoms with van der Waals surface area (Å²) in [6.07, 6.45) is 0. The summed E-state index contributed by atoms with van der Waals surface area (Å²) in [5.74, 6) is 0.0806. The lowest BCUT2D eigenvalue weighted by atomic mass is 10.1. The van der Waals surface area contributed by atoms with Gasteiger partial charge in [0, 0.05) is 44.3 Å². The number of hydrogen-bond acceptors (Lipinski definition) is 4. The molecule has 0 bridgehead atoms. The Morgan fingerprint density at radius 1 is 1.13 bits per heavy atom. The molecule has 0 unspecified atom stereocenters. The van der Waals surface area contributed by atoms with Gasteiger partial charge in [-0.2, -0.15) is 0 Å². The number of nitrogens with zero attached hydrogens (tertiary/aromatic N) is 2. The molecule has 0 aromatic heterocycles. The van der Waals surface area contributed by atoms with Gasteiger partial charge in [0.25, 0.3) is 5.91 Å². The summed E-state index contributed by atoms with van der Waals surface area (Å²) in [6, 6.07) is 7.58. The van der Waals surface area contributed by atoms with Crippen LogP contribution in [0.2, 0.25) is 0 Å². The first-order valence-electron chi connectivity index (χ1n) is 8.09. The summed E-state index contributed by atoms with van der Waals surface area (Å²) in [4.78, 5) is 28.2. The molecule has 2 amide bonds. The van der Waals surface area contributed by atoms with Crippen molar-refractivity contribution in [1.29, 1.82) is 0 Å². The first kappa shape index (κ1) is 17.4. The second kappa shape index (κ2) is 8.08. The summed E-state index contributed by atoms with van der Waals surface area (Å²) in [5.41, 5.74) is 7.27. The standard InChI is InChI=1S/C17H26N4O2/c1-13(2)19-16(22)12-20-7-9-21(10-8-20)17(23)15-5-3-14(11-18)4-6-15/h3-6,13H,7-12,18H2,1-2H3,(H,19,22). The van der Waals surface area contributed by atoms with Crippen LogP contribution < -0.4 is 11.1 Å². The quantitative estimate of drug-likeness (QED) is 0.825. The van der Waals surface area contributed by atoms with Gasteiger partial charge in [-0.15, -0.1) is 0 Å². The second-order valence-corrected chi connectivity index (χ2v) is 6.19. The van der Waals surface area contributed by atoms with E-state index in [4.69, 9.17) is 5.73 Å². The summed E-state index contributed by atoms with van der Waals surface area (Å²) in [5, 5.41) is 2.89. The highest BCUT2D eigenvalue weighted by molar-refractivity contribution is 5.94. The third kappa shape index (κ3) is 5.04. The zero-order valence-corrected chi connectivity index (χ0v) is 13.9. The van der Waals surface area contributed by atoms with Gasteiger partial charge >= 0.3 is 0 Å². The Labute approximate surface area is 137 Å². The fourth-order valence-electron chi connectivity index (χ4n) is 2.65. The molecular weight excluding hydrogens is 292 g/mol. The maximum atomic E-state index is 12.5. The van der Waals surface area contributed by atoms with Crippen LogP contribution in [0, 0.1) is 0 Å². The van der Waals surface area contributed by atoms with Crippen LogP contribution >= 0.6 is 0 Å². The lowest BCUT2D eigenvalue weighted by Crippen LogP contribution is -2.51. The fourth-order valence-corrected chi connectivity index (χ4v) is 2.65. The van der Waals surface area contributed by atoms with E-state index in [0.29, 0.717) is 31.7 Å². The molecule has 1 fully saturated rings. The van der Waals surface area contributed by atoms with E-state index in [1.54, 1.807) is 0 Å². The van der Waals surface area contributed by atoms with Crippen LogP contribution in [-0.4, -0.2) is 60.4 Å². The van der Waals surface area contributed by atoms with Gasteiger partial charge in [0.2, 0.25) is 5.91 Å². The molecule has 1 aliphatic heterocycles. The fraction of sp³-hybridized carbons (Fsp3) is 0.529. The molecule has 2 rings (SSSR count). The van der Waals surface area contributed by atoms with Crippen molar-refractivity contribution < 1.29 is 9.59 Å². The third-order valence-corrected chi connectivity index (χ3v) is 3.91. The lowest BCUT2D eigenvalue weighted by Gasteiger charge is -2.34. The van der Waals surface area contributed by atoms with Gasteiger partial charge in [-0.1, -0.05) is 12.1 Å². The van der Waals surface area contributed by atoms with E-state index in [-0.39, 0.29) is 17.9 Å². The third-order valence-electron chi connectivity index (χ3n) is 3.91.